The molecule has 4 N–H and O–H groups in total. The molecule has 0 bridgehead atoms. The van der Waals surface area contributed by atoms with Gasteiger partial charge >= 0.3 is 0 Å². The molecule has 1 aromatic heterocycles. The fraction of sp³-hybridized carbons (Fsp3) is 0.633. The Morgan fingerprint density at radius 3 is 2.47 bits per heavy atom. The number of fused-ring (bicyclic) bond motifs is 1. The van der Waals surface area contributed by atoms with E-state index < -0.39 is 5.54 Å². The number of hydrogen-bond donors (Lipinski definition) is 4. The Morgan fingerprint density at radius 1 is 1.08 bits per heavy atom. The van der Waals surface area contributed by atoms with Crippen molar-refractivity contribution >= 4 is 28.5 Å². The van der Waals surface area contributed by atoms with Gasteiger partial charge in [0.2, 0.25) is 11.8 Å². The lowest BCUT2D eigenvalue weighted by Gasteiger charge is -2.42. The molecule has 0 radical (unpaired) electrons. The molecule has 2 heterocycles. The van der Waals surface area contributed by atoms with Crippen LogP contribution < -0.4 is 20.7 Å². The smallest absolute Gasteiger partial charge is 0.224 e. The minimum Gasteiger partial charge on any atom is -0.497 e. The lowest BCUT2D eigenvalue weighted by atomic mass is 9.84. The summed E-state index contributed by atoms with van der Waals surface area (Å²) in [6, 6.07) is 5.69. The third kappa shape index (κ3) is 8.32. The molecule has 210 valence electrons. The number of aromatic amines is 1. The maximum Gasteiger partial charge on any atom is 0.224 e. The highest BCUT2D eigenvalue weighted by Gasteiger charge is 2.38. The van der Waals surface area contributed by atoms with E-state index in [4.69, 9.17) is 4.74 Å². The molecule has 1 unspecified atom stereocenters. The van der Waals surface area contributed by atoms with Crippen LogP contribution in [0, 0.1) is 6.92 Å². The van der Waals surface area contributed by atoms with Crippen molar-refractivity contribution in [2.24, 2.45) is 0 Å². The van der Waals surface area contributed by atoms with Gasteiger partial charge in [-0.3, -0.25) is 9.59 Å². The van der Waals surface area contributed by atoms with Gasteiger partial charge in [0.25, 0.3) is 0 Å². The fourth-order valence-corrected chi connectivity index (χ4v) is 5.56. The van der Waals surface area contributed by atoms with Gasteiger partial charge in [-0.05, 0) is 83.7 Å². The Morgan fingerprint density at radius 2 is 1.82 bits per heavy atom. The third-order valence-corrected chi connectivity index (χ3v) is 7.65. The maximum atomic E-state index is 13.4. The van der Waals surface area contributed by atoms with Crippen molar-refractivity contribution in [3.8, 4) is 5.75 Å². The van der Waals surface area contributed by atoms with Crippen LogP contribution in [-0.4, -0.2) is 53.9 Å². The van der Waals surface area contributed by atoms with Crippen LogP contribution in [0.5, 0.6) is 5.75 Å². The standard InChI is InChI=1S/C30H46N4O4/c1-20(35)12-8-6-7-9-14-27(36)33-29(26-13-10-11-17-31-26)30(3,4)34-28(37)19-23-21(2)32-25-16-15-22(38-5)18-24(23)25/h15-16,18,26,29,31-32H,6-14,17,19H2,1-5H3,(H,33,36)(H,34,37)/t26-,29?/m0/s1. The molecular formula is C30H46N4O4. The largest absolute Gasteiger partial charge is 0.497 e. The zero-order valence-corrected chi connectivity index (χ0v) is 23.8. The number of aryl methyl sites for hydroxylation is 1. The van der Waals surface area contributed by atoms with Crippen molar-refractivity contribution in [1.29, 1.82) is 0 Å². The summed E-state index contributed by atoms with van der Waals surface area (Å²) >= 11 is 0. The Bertz CT molecular complexity index is 1100. The van der Waals surface area contributed by atoms with E-state index >= 15 is 0 Å². The van der Waals surface area contributed by atoms with Crippen molar-refractivity contribution in [3.05, 3.63) is 29.5 Å². The molecule has 38 heavy (non-hydrogen) atoms. The summed E-state index contributed by atoms with van der Waals surface area (Å²) in [6.45, 7) is 8.51. The van der Waals surface area contributed by atoms with Crippen molar-refractivity contribution in [2.45, 2.75) is 110 Å². The summed E-state index contributed by atoms with van der Waals surface area (Å²) in [5, 5.41) is 11.1. The quantitative estimate of drug-likeness (QED) is 0.271. The first kappa shape index (κ1) is 29.7. The normalized spacial score (nSPS) is 16.7. The minimum atomic E-state index is -0.652. The number of carbonyl (C=O) groups is 3. The van der Waals surface area contributed by atoms with E-state index in [0.29, 0.717) is 12.8 Å². The summed E-state index contributed by atoms with van der Waals surface area (Å²) in [5.41, 5.74) is 2.24. The number of unbranched alkanes of at least 4 members (excludes halogenated alkanes) is 3. The molecule has 2 aromatic rings. The molecule has 1 fully saturated rings. The number of rotatable bonds is 14. The number of ketones is 1. The molecule has 8 heteroatoms. The van der Waals surface area contributed by atoms with Crippen LogP contribution in [0.15, 0.2) is 18.2 Å². The van der Waals surface area contributed by atoms with E-state index in [1.54, 1.807) is 14.0 Å². The van der Waals surface area contributed by atoms with Crippen LogP contribution in [0.2, 0.25) is 0 Å². The predicted octanol–water partition coefficient (Wildman–Crippen LogP) is 4.48. The molecule has 2 atom stereocenters. The van der Waals surface area contributed by atoms with Crippen LogP contribution in [-0.2, 0) is 20.8 Å². The molecule has 0 aliphatic carbocycles. The van der Waals surface area contributed by atoms with Crippen molar-refractivity contribution < 1.29 is 19.1 Å². The van der Waals surface area contributed by atoms with Gasteiger partial charge < -0.3 is 30.5 Å². The molecule has 3 rings (SSSR count). The minimum absolute atomic E-state index is 0.0100. The highest BCUT2D eigenvalue weighted by molar-refractivity contribution is 5.91. The van der Waals surface area contributed by atoms with Crippen molar-refractivity contribution in [3.63, 3.8) is 0 Å². The van der Waals surface area contributed by atoms with Gasteiger partial charge in [0.15, 0.2) is 0 Å². The molecule has 1 aliphatic rings. The molecule has 2 amide bonds. The Kier molecular flexibility index (Phi) is 10.8. The Balaban J connectivity index is 1.65. The summed E-state index contributed by atoms with van der Waals surface area (Å²) < 4.78 is 5.39. The first-order chi connectivity index (χ1) is 18.1. The maximum absolute atomic E-state index is 13.4. The van der Waals surface area contributed by atoms with Gasteiger partial charge in [-0.25, -0.2) is 0 Å². The molecule has 1 saturated heterocycles. The number of piperidine rings is 1. The van der Waals surface area contributed by atoms with E-state index in [1.807, 2.05) is 39.0 Å². The first-order valence-corrected chi connectivity index (χ1v) is 14.1. The van der Waals surface area contributed by atoms with Gasteiger partial charge in [-0.15, -0.1) is 0 Å². The molecule has 0 spiro atoms. The molecule has 1 aromatic carbocycles. The topological polar surface area (TPSA) is 112 Å². The van der Waals surface area contributed by atoms with Crippen LogP contribution in [0.4, 0.5) is 0 Å². The number of H-pyrrole nitrogens is 1. The van der Waals surface area contributed by atoms with E-state index in [1.165, 1.54) is 0 Å². The summed E-state index contributed by atoms with van der Waals surface area (Å²) in [7, 11) is 1.64. The summed E-state index contributed by atoms with van der Waals surface area (Å²) in [4.78, 5) is 40.8. The third-order valence-electron chi connectivity index (χ3n) is 7.65. The van der Waals surface area contributed by atoms with Gasteiger partial charge in [0.1, 0.15) is 11.5 Å². The molecule has 1 aliphatic heterocycles. The second kappa shape index (κ2) is 13.8. The lowest BCUT2D eigenvalue weighted by Crippen LogP contribution is -2.66. The van der Waals surface area contributed by atoms with Gasteiger partial charge in [0.05, 0.1) is 25.1 Å². The lowest BCUT2D eigenvalue weighted by molar-refractivity contribution is -0.126. The number of carbonyl (C=O) groups excluding carboxylic acids is 3. The van der Waals surface area contributed by atoms with E-state index in [2.05, 4.69) is 20.9 Å². The Hall–Kier alpha value is -2.87. The number of benzene rings is 1. The highest BCUT2D eigenvalue weighted by atomic mass is 16.5. The SMILES string of the molecule is COc1ccc2[nH]c(C)c(CC(=O)NC(C)(C)C(NC(=O)CCCCCCC(C)=O)[C@@H]3CCCCN3)c2c1. The van der Waals surface area contributed by atoms with Crippen molar-refractivity contribution in [1.82, 2.24) is 20.9 Å². The summed E-state index contributed by atoms with van der Waals surface area (Å²) in [6.07, 6.45) is 8.04. The Labute approximate surface area is 227 Å². The van der Waals surface area contributed by atoms with Crippen LogP contribution in [0.3, 0.4) is 0 Å². The zero-order valence-electron chi connectivity index (χ0n) is 23.8. The number of amides is 2. The second-order valence-electron chi connectivity index (χ2n) is 11.3. The van der Waals surface area contributed by atoms with Crippen molar-refractivity contribution in [2.75, 3.05) is 13.7 Å². The van der Waals surface area contributed by atoms with Gasteiger partial charge in [0, 0.05) is 35.5 Å². The number of methoxy groups -OCH3 is 1. The number of Topliss-reactive ketones (excluding diaryl/α,β-unsaturated/α-hetero) is 1. The van der Waals surface area contributed by atoms with Gasteiger partial charge in [-0.2, -0.15) is 0 Å². The molecular weight excluding hydrogens is 480 g/mol. The number of aromatic nitrogens is 1. The second-order valence-corrected chi connectivity index (χ2v) is 11.3. The first-order valence-electron chi connectivity index (χ1n) is 14.1. The summed E-state index contributed by atoms with van der Waals surface area (Å²) in [5.74, 6) is 0.899. The van der Waals surface area contributed by atoms with Crippen LogP contribution in [0.25, 0.3) is 10.9 Å². The monoisotopic (exact) mass is 526 g/mol. The number of ether oxygens (including phenoxy) is 1. The number of nitrogens with one attached hydrogen (secondary N) is 4. The zero-order chi connectivity index (χ0) is 27.7. The van der Waals surface area contributed by atoms with E-state index in [0.717, 1.165) is 79.4 Å². The average Bonchev–Trinajstić information content (AvgIpc) is 3.18. The average molecular weight is 527 g/mol. The van der Waals surface area contributed by atoms with E-state index in [9.17, 15) is 14.4 Å². The van der Waals surface area contributed by atoms with E-state index in [-0.39, 0.29) is 36.1 Å². The predicted molar refractivity (Wildman–Crippen MR) is 151 cm³/mol. The number of hydrogen-bond acceptors (Lipinski definition) is 5. The van der Waals surface area contributed by atoms with Gasteiger partial charge in [-0.1, -0.05) is 19.3 Å². The molecule has 0 saturated carbocycles. The van der Waals surface area contributed by atoms with Crippen LogP contribution in [0.1, 0.15) is 89.8 Å². The van der Waals surface area contributed by atoms with Crippen LogP contribution >= 0.6 is 0 Å². The molecule has 8 nitrogen and oxygen atoms in total. The highest BCUT2D eigenvalue weighted by Crippen LogP contribution is 2.27. The fourth-order valence-electron chi connectivity index (χ4n) is 5.56.